The molecular formula is C28H36FNO5. The average Bonchev–Trinajstić information content (AvgIpc) is 3.15. The molecule has 2 aromatic carbocycles. The maximum atomic E-state index is 14.1. The van der Waals surface area contributed by atoms with Gasteiger partial charge in [0.1, 0.15) is 23.3 Å². The highest BCUT2D eigenvalue weighted by Crippen LogP contribution is 2.29. The first-order valence-corrected chi connectivity index (χ1v) is 12.3. The first-order valence-electron chi connectivity index (χ1n) is 12.3. The Bertz CT molecular complexity index is 986. The first kappa shape index (κ1) is 26.5. The minimum Gasteiger partial charge on any atom is -0.494 e. The molecule has 3 atom stereocenters. The van der Waals surface area contributed by atoms with Crippen LogP contribution in [0.1, 0.15) is 58.1 Å². The summed E-state index contributed by atoms with van der Waals surface area (Å²) in [7, 11) is 0. The fraction of sp³-hybridized carbons (Fsp3) is 0.500. The fourth-order valence-electron chi connectivity index (χ4n) is 4.06. The molecule has 190 valence electrons. The monoisotopic (exact) mass is 485 g/mol. The zero-order chi connectivity index (χ0) is 25.4. The molecule has 7 heteroatoms. The van der Waals surface area contributed by atoms with Crippen LogP contribution in [0, 0.1) is 11.7 Å². The highest BCUT2D eigenvalue weighted by molar-refractivity contribution is 5.75. The molecule has 0 saturated carbocycles. The van der Waals surface area contributed by atoms with Crippen LogP contribution in [-0.2, 0) is 27.1 Å². The van der Waals surface area contributed by atoms with E-state index in [1.807, 2.05) is 24.3 Å². The molecule has 0 spiro atoms. The number of hydrogen-bond donors (Lipinski definition) is 1. The van der Waals surface area contributed by atoms with Gasteiger partial charge in [-0.15, -0.1) is 0 Å². The van der Waals surface area contributed by atoms with E-state index >= 15 is 0 Å². The van der Waals surface area contributed by atoms with Crippen LogP contribution in [0.15, 0.2) is 48.5 Å². The standard InChI is InChI=1S/C28H36FNO5/c1-5-6-15-33-22-13-11-19(12-14-22)16-24(30-27(32)35-28(2,3)4)25-18-21(26(31)34-25)17-20-9-7-8-10-23(20)29/h7-14,21,24-25H,5-6,15-18H2,1-4H3,(H,30,32)/t21-,24+,25+/m1/s1. The number of alkyl carbamates (subject to hydrolysis) is 1. The van der Waals surface area contributed by atoms with Crippen LogP contribution in [0.25, 0.3) is 0 Å². The molecule has 6 nitrogen and oxygen atoms in total. The highest BCUT2D eigenvalue weighted by atomic mass is 19.1. The smallest absolute Gasteiger partial charge is 0.408 e. The molecule has 1 saturated heterocycles. The lowest BCUT2D eigenvalue weighted by Gasteiger charge is -2.26. The zero-order valence-corrected chi connectivity index (χ0v) is 21.0. The fourth-order valence-corrected chi connectivity index (χ4v) is 4.06. The third kappa shape index (κ3) is 8.26. The lowest BCUT2D eigenvalue weighted by atomic mass is 9.92. The Morgan fingerprint density at radius 2 is 1.89 bits per heavy atom. The quantitative estimate of drug-likeness (QED) is 0.350. The molecule has 1 heterocycles. The minimum absolute atomic E-state index is 0.255. The van der Waals surface area contributed by atoms with Crippen LogP contribution < -0.4 is 10.1 Å². The third-order valence-electron chi connectivity index (χ3n) is 5.84. The second-order valence-corrected chi connectivity index (χ2v) is 10.0. The highest BCUT2D eigenvalue weighted by Gasteiger charge is 2.40. The van der Waals surface area contributed by atoms with E-state index in [9.17, 15) is 14.0 Å². The number of amides is 1. The van der Waals surface area contributed by atoms with Crippen LogP contribution in [0.2, 0.25) is 0 Å². The van der Waals surface area contributed by atoms with E-state index in [1.54, 1.807) is 39.0 Å². The second-order valence-electron chi connectivity index (χ2n) is 10.0. The molecule has 35 heavy (non-hydrogen) atoms. The maximum Gasteiger partial charge on any atom is 0.408 e. The van der Waals surface area contributed by atoms with Gasteiger partial charge in [-0.05, 0) is 69.4 Å². The number of nitrogens with one attached hydrogen (secondary N) is 1. The molecule has 1 amide bonds. The summed E-state index contributed by atoms with van der Waals surface area (Å²) >= 11 is 0. The van der Waals surface area contributed by atoms with Gasteiger partial charge in [-0.25, -0.2) is 9.18 Å². The van der Waals surface area contributed by atoms with Gasteiger partial charge in [0.05, 0.1) is 18.6 Å². The predicted molar refractivity (Wildman–Crippen MR) is 132 cm³/mol. The van der Waals surface area contributed by atoms with E-state index in [1.165, 1.54) is 6.07 Å². The van der Waals surface area contributed by atoms with Crippen LogP contribution >= 0.6 is 0 Å². The van der Waals surface area contributed by atoms with Crippen LogP contribution in [0.4, 0.5) is 9.18 Å². The van der Waals surface area contributed by atoms with E-state index in [0.717, 1.165) is 24.2 Å². The Labute approximate surface area is 207 Å². The Morgan fingerprint density at radius 1 is 1.17 bits per heavy atom. The van der Waals surface area contributed by atoms with Crippen molar-refractivity contribution >= 4 is 12.1 Å². The number of esters is 1. The topological polar surface area (TPSA) is 73.9 Å². The molecule has 1 aliphatic rings. The van der Waals surface area contributed by atoms with Gasteiger partial charge in [-0.1, -0.05) is 43.7 Å². The van der Waals surface area contributed by atoms with Crippen molar-refractivity contribution in [2.45, 2.75) is 77.5 Å². The second kappa shape index (κ2) is 12.0. The number of unbranched alkanes of at least 4 members (excludes halogenated alkanes) is 1. The number of rotatable bonds is 10. The van der Waals surface area contributed by atoms with Gasteiger partial charge < -0.3 is 19.5 Å². The number of benzene rings is 2. The van der Waals surface area contributed by atoms with Gasteiger partial charge in [0.15, 0.2) is 0 Å². The van der Waals surface area contributed by atoms with Gasteiger partial charge in [-0.2, -0.15) is 0 Å². The molecule has 0 unspecified atom stereocenters. The number of cyclic esters (lactones) is 1. The van der Waals surface area contributed by atoms with E-state index in [-0.39, 0.29) is 18.2 Å². The molecule has 1 fully saturated rings. The minimum atomic E-state index is -0.661. The summed E-state index contributed by atoms with van der Waals surface area (Å²) in [5.41, 5.74) is 0.777. The van der Waals surface area contributed by atoms with Crippen molar-refractivity contribution in [2.75, 3.05) is 6.61 Å². The Balaban J connectivity index is 1.71. The zero-order valence-electron chi connectivity index (χ0n) is 21.0. The van der Waals surface area contributed by atoms with Gasteiger partial charge in [0.25, 0.3) is 0 Å². The maximum absolute atomic E-state index is 14.1. The summed E-state index contributed by atoms with van der Waals surface area (Å²) in [6.45, 7) is 8.15. The molecule has 0 aliphatic carbocycles. The lowest BCUT2D eigenvalue weighted by Crippen LogP contribution is -2.46. The van der Waals surface area contributed by atoms with Crippen molar-refractivity contribution in [1.82, 2.24) is 5.32 Å². The predicted octanol–water partition coefficient (Wildman–Crippen LogP) is 5.61. The number of ether oxygens (including phenoxy) is 3. The van der Waals surface area contributed by atoms with Crippen LogP contribution in [0.5, 0.6) is 5.75 Å². The Hall–Kier alpha value is -3.09. The van der Waals surface area contributed by atoms with Crippen molar-refractivity contribution in [3.63, 3.8) is 0 Å². The normalized spacial score (nSPS) is 18.6. The van der Waals surface area contributed by atoms with Gasteiger partial charge in [0, 0.05) is 6.42 Å². The number of carbonyl (C=O) groups excluding carboxylic acids is 2. The molecule has 0 radical (unpaired) electrons. The third-order valence-corrected chi connectivity index (χ3v) is 5.84. The molecule has 0 bridgehead atoms. The van der Waals surface area contributed by atoms with Crippen molar-refractivity contribution in [3.8, 4) is 5.75 Å². The van der Waals surface area contributed by atoms with Crippen LogP contribution in [0.3, 0.4) is 0 Å². The largest absolute Gasteiger partial charge is 0.494 e. The van der Waals surface area contributed by atoms with E-state index in [2.05, 4.69) is 12.2 Å². The summed E-state index contributed by atoms with van der Waals surface area (Å²) in [5.74, 6) is -0.410. The summed E-state index contributed by atoms with van der Waals surface area (Å²) in [4.78, 5) is 25.2. The van der Waals surface area contributed by atoms with Crippen molar-refractivity contribution in [2.24, 2.45) is 5.92 Å². The van der Waals surface area contributed by atoms with Gasteiger partial charge in [0.2, 0.25) is 0 Å². The van der Waals surface area contributed by atoms with Crippen molar-refractivity contribution in [1.29, 1.82) is 0 Å². The molecule has 1 aliphatic heterocycles. The van der Waals surface area contributed by atoms with Crippen molar-refractivity contribution in [3.05, 3.63) is 65.5 Å². The average molecular weight is 486 g/mol. The molecular weight excluding hydrogens is 449 g/mol. The number of carbonyl (C=O) groups is 2. The molecule has 0 aromatic heterocycles. The Kier molecular flexibility index (Phi) is 9.13. The molecule has 2 aromatic rings. The summed E-state index contributed by atoms with van der Waals surface area (Å²) in [6.07, 6.45) is 2.01. The SMILES string of the molecule is CCCCOc1ccc(C[C@H](NC(=O)OC(C)(C)C)[C@@H]2C[C@@H](Cc3ccccc3F)C(=O)O2)cc1. The van der Waals surface area contributed by atoms with Gasteiger partial charge in [-0.3, -0.25) is 4.79 Å². The van der Waals surface area contributed by atoms with Crippen LogP contribution in [-0.4, -0.2) is 36.4 Å². The first-order chi connectivity index (χ1) is 16.6. The van der Waals surface area contributed by atoms with E-state index < -0.39 is 29.8 Å². The summed E-state index contributed by atoms with van der Waals surface area (Å²) in [6, 6.07) is 13.6. The van der Waals surface area contributed by atoms with E-state index in [0.29, 0.717) is 25.0 Å². The number of halogens is 1. The van der Waals surface area contributed by atoms with E-state index in [4.69, 9.17) is 14.2 Å². The van der Waals surface area contributed by atoms with Gasteiger partial charge >= 0.3 is 12.1 Å². The lowest BCUT2D eigenvalue weighted by molar-refractivity contribution is -0.145. The molecule has 1 N–H and O–H groups in total. The summed E-state index contributed by atoms with van der Waals surface area (Å²) in [5, 5.41) is 2.89. The summed E-state index contributed by atoms with van der Waals surface area (Å²) < 4.78 is 31.0. The Morgan fingerprint density at radius 3 is 2.54 bits per heavy atom. The number of hydrogen-bond acceptors (Lipinski definition) is 5. The van der Waals surface area contributed by atoms with Crippen molar-refractivity contribution < 1.29 is 28.2 Å². The molecule has 3 rings (SSSR count).